The average Bonchev–Trinajstić information content (AvgIpc) is 3.85. The summed E-state index contributed by atoms with van der Waals surface area (Å²) in [4.78, 5) is 103. The number of nitrogens with two attached hydrogens (primary N) is 1. The number of aromatic nitrogens is 4. The van der Waals surface area contributed by atoms with Gasteiger partial charge in [-0.15, -0.1) is 0 Å². The van der Waals surface area contributed by atoms with Crippen LogP contribution in [0.25, 0.3) is 11.2 Å². The molecule has 0 spiro atoms. The number of carbonyl (C=O) groups is 4. The molecule has 11 N–H and O–H groups in total. The number of aliphatic hydroxyl groups excluding tert-OH is 2. The first-order valence-electron chi connectivity index (χ1n) is 22.2. The predicted molar refractivity (Wildman–Crippen MR) is 249 cm³/mol. The van der Waals surface area contributed by atoms with E-state index in [0.29, 0.717) is 18.3 Å². The highest BCUT2D eigenvalue weighted by Gasteiger charge is 2.50. The Kier molecular flexibility index (Phi) is 20.2. The number of hydrogen-bond donors (Lipinski definition) is 10. The number of phosphoric ester groups is 3. The van der Waals surface area contributed by atoms with Gasteiger partial charge in [0.2, 0.25) is 22.8 Å². The van der Waals surface area contributed by atoms with E-state index in [2.05, 4.69) is 53.6 Å². The lowest BCUT2D eigenvalue weighted by Gasteiger charge is -2.31. The molecule has 1 saturated heterocycles. The molecule has 5 rings (SSSR count). The molecule has 2 aromatic heterocycles. The van der Waals surface area contributed by atoms with Gasteiger partial charge >= 0.3 is 23.5 Å². The summed E-state index contributed by atoms with van der Waals surface area (Å²) < 4.78 is 62.6. The van der Waals surface area contributed by atoms with Crippen molar-refractivity contribution in [3.63, 3.8) is 0 Å². The van der Waals surface area contributed by atoms with Gasteiger partial charge in [0.25, 0.3) is 0 Å². The number of nitrogens with one attached hydrogen (secondary N) is 3. The zero-order valence-electron chi connectivity index (χ0n) is 38.7. The van der Waals surface area contributed by atoms with Crippen LogP contribution in [0.2, 0.25) is 0 Å². The standard InChI is InChI=1S/C40H61N8O18P3S/c1-23(2)25-10-12-26(13-11-25)36(52)47-27(18-24-8-6-5-7-9-24)39(54)70-17-16-42-29(49)14-15-43-37(53)33(51)40(3,4)20-63-69(60,61)66-68(58,59)62-19-28-32(65-67(55,56)57)31(50)38(64-28)48-22-46-30-34(41)44-21-45-35(30)48/h5-9,21-23,25-28,31-33,38,50-51H,10-20H2,1-4H3,(H,42,49)(H,43,53)(H,47,52)(H,58,59)(H,60,61)(H2,41,44,45)(H2,55,56,57)/t25?,26?,27-,28?,31?,32?,33?,38?/m0/s1. The molecule has 0 bridgehead atoms. The number of imidazole rings is 1. The minimum atomic E-state index is -5.60. The second-order valence-corrected chi connectivity index (χ2v) is 23.2. The molecular weight excluding hydrogens is 1010 g/mol. The monoisotopic (exact) mass is 1070 g/mol. The van der Waals surface area contributed by atoms with Gasteiger partial charge in [0.15, 0.2) is 17.7 Å². The molecule has 1 aromatic carbocycles. The summed E-state index contributed by atoms with van der Waals surface area (Å²) in [6.45, 7) is 4.66. The van der Waals surface area contributed by atoms with E-state index < -0.39 is 90.6 Å². The molecule has 7 unspecified atom stereocenters. The van der Waals surface area contributed by atoms with Crippen molar-refractivity contribution in [3.05, 3.63) is 48.5 Å². The highest BCUT2D eigenvalue weighted by molar-refractivity contribution is 8.13. The van der Waals surface area contributed by atoms with E-state index in [1.165, 1.54) is 13.8 Å². The summed E-state index contributed by atoms with van der Waals surface area (Å²) in [6.07, 6.45) is -3.30. The van der Waals surface area contributed by atoms with Gasteiger partial charge in [0.05, 0.1) is 19.5 Å². The van der Waals surface area contributed by atoms with Gasteiger partial charge < -0.3 is 56.2 Å². The number of nitrogen functional groups attached to an aromatic ring is 1. The molecule has 1 aliphatic heterocycles. The molecule has 70 heavy (non-hydrogen) atoms. The molecule has 390 valence electrons. The van der Waals surface area contributed by atoms with E-state index in [4.69, 9.17) is 19.5 Å². The Bertz CT molecular complexity index is 2420. The van der Waals surface area contributed by atoms with Crippen LogP contribution in [0.4, 0.5) is 5.82 Å². The summed E-state index contributed by atoms with van der Waals surface area (Å²) in [6, 6.07) is 8.56. The van der Waals surface area contributed by atoms with Gasteiger partial charge in [0, 0.05) is 43.0 Å². The number of anilines is 1. The first-order chi connectivity index (χ1) is 32.8. The number of hydrogen-bond acceptors (Lipinski definition) is 19. The zero-order chi connectivity index (χ0) is 51.6. The van der Waals surface area contributed by atoms with Crippen molar-refractivity contribution in [1.29, 1.82) is 0 Å². The summed E-state index contributed by atoms with van der Waals surface area (Å²) >= 11 is 0.976. The lowest BCUT2D eigenvalue weighted by molar-refractivity contribution is -0.137. The molecule has 30 heteroatoms. The number of fused-ring (bicyclic) bond motifs is 1. The van der Waals surface area contributed by atoms with Crippen LogP contribution in [0.3, 0.4) is 0 Å². The number of rotatable bonds is 25. The molecule has 0 radical (unpaired) electrons. The van der Waals surface area contributed by atoms with Crippen molar-refractivity contribution < 1.29 is 85.3 Å². The Balaban J connectivity index is 1.03. The molecule has 8 atom stereocenters. The van der Waals surface area contributed by atoms with Gasteiger partial charge in [-0.3, -0.25) is 37.3 Å². The number of amides is 3. The third-order valence-electron chi connectivity index (χ3n) is 11.7. The fourth-order valence-electron chi connectivity index (χ4n) is 7.76. The number of carbonyl (C=O) groups excluding carboxylic acids is 4. The molecule has 1 saturated carbocycles. The number of phosphoric acid groups is 3. The summed E-state index contributed by atoms with van der Waals surface area (Å²) in [5.74, 6) is -0.507. The topological polar surface area (TPSA) is 393 Å². The van der Waals surface area contributed by atoms with Crippen LogP contribution in [0.5, 0.6) is 0 Å². The SMILES string of the molecule is CC(C)C1CCC(C(=O)N[C@@H](Cc2ccccc2)C(=O)SCCNC(=O)CCNC(=O)C(O)C(C)(C)COP(=O)(O)OP(=O)(O)OCC2OC(n3cnc4c(N)ncnc43)C(O)C2OP(=O)(O)O)CC1. The molecule has 1 aliphatic carbocycles. The second-order valence-electron chi connectivity index (χ2n) is 17.8. The number of benzene rings is 1. The molecule has 26 nitrogen and oxygen atoms in total. The normalized spacial score (nSPS) is 23.5. The molecule has 3 heterocycles. The first-order valence-corrected chi connectivity index (χ1v) is 27.7. The lowest BCUT2D eigenvalue weighted by atomic mass is 9.76. The van der Waals surface area contributed by atoms with E-state index in [1.54, 1.807) is 0 Å². The summed E-state index contributed by atoms with van der Waals surface area (Å²) in [7, 11) is -16.5. The molecule has 2 fully saturated rings. The Hall–Kier alpha value is -3.75. The summed E-state index contributed by atoms with van der Waals surface area (Å²) in [5.41, 5.74) is 5.12. The van der Waals surface area contributed by atoms with Crippen molar-refractivity contribution in [2.45, 2.75) is 103 Å². The van der Waals surface area contributed by atoms with Crippen molar-refractivity contribution in [3.8, 4) is 0 Å². The number of thioether (sulfide) groups is 1. The van der Waals surface area contributed by atoms with Crippen LogP contribution >= 0.6 is 35.2 Å². The molecule has 3 aromatic rings. The average molecular weight is 1070 g/mol. The van der Waals surface area contributed by atoms with Crippen molar-refractivity contribution in [1.82, 2.24) is 35.5 Å². The first kappa shape index (κ1) is 57.2. The predicted octanol–water partition coefficient (Wildman–Crippen LogP) is 1.85. The van der Waals surface area contributed by atoms with Gasteiger partial charge in [-0.25, -0.2) is 28.6 Å². The Morgan fingerprint density at radius 2 is 1.63 bits per heavy atom. The van der Waals surface area contributed by atoms with Crippen molar-refractivity contribution in [2.75, 3.05) is 37.8 Å². The minimum absolute atomic E-state index is 0.0235. The smallest absolute Gasteiger partial charge is 0.386 e. The van der Waals surface area contributed by atoms with Crippen molar-refractivity contribution in [2.24, 2.45) is 23.2 Å². The minimum Gasteiger partial charge on any atom is -0.386 e. The quantitative estimate of drug-likeness (QED) is 0.0427. The van der Waals surface area contributed by atoms with Gasteiger partial charge in [0.1, 0.15) is 42.3 Å². The lowest BCUT2D eigenvalue weighted by Crippen LogP contribution is -2.46. The third-order valence-corrected chi connectivity index (χ3v) is 15.8. The van der Waals surface area contributed by atoms with Crippen LogP contribution in [-0.2, 0) is 61.9 Å². The Morgan fingerprint density at radius 1 is 0.957 bits per heavy atom. The van der Waals surface area contributed by atoms with E-state index in [1.807, 2.05) is 30.3 Å². The fourth-order valence-corrected chi connectivity index (χ4v) is 11.3. The fraction of sp³-hybridized carbons (Fsp3) is 0.625. The third kappa shape index (κ3) is 16.6. The maximum absolute atomic E-state index is 13.4. The van der Waals surface area contributed by atoms with Crippen molar-refractivity contribution >= 4 is 75.0 Å². The highest BCUT2D eigenvalue weighted by Crippen LogP contribution is 2.61. The van der Waals surface area contributed by atoms with E-state index >= 15 is 0 Å². The van der Waals surface area contributed by atoms with Crippen LogP contribution in [0.15, 0.2) is 43.0 Å². The van der Waals surface area contributed by atoms with Crippen LogP contribution in [0, 0.1) is 23.2 Å². The maximum atomic E-state index is 13.4. The second kappa shape index (κ2) is 24.8. The van der Waals surface area contributed by atoms with E-state index in [9.17, 15) is 62.7 Å². The Morgan fingerprint density at radius 3 is 2.29 bits per heavy atom. The van der Waals surface area contributed by atoms with Gasteiger partial charge in [-0.2, -0.15) is 4.31 Å². The highest BCUT2D eigenvalue weighted by atomic mass is 32.2. The molecule has 2 aliphatic rings. The van der Waals surface area contributed by atoms with E-state index in [-0.39, 0.29) is 59.2 Å². The van der Waals surface area contributed by atoms with Crippen LogP contribution < -0.4 is 21.7 Å². The molecular formula is C40H61N8O18P3S. The number of ether oxygens (including phenoxy) is 1. The summed E-state index contributed by atoms with van der Waals surface area (Å²) in [5, 5.41) is 29.4. The number of aliphatic hydroxyl groups is 2. The maximum Gasteiger partial charge on any atom is 0.481 e. The zero-order valence-corrected chi connectivity index (χ0v) is 42.2. The number of nitrogens with zero attached hydrogens (tertiary/aromatic N) is 4. The Labute approximate surface area is 407 Å². The van der Waals surface area contributed by atoms with Crippen LogP contribution in [0.1, 0.15) is 71.6 Å². The van der Waals surface area contributed by atoms with Gasteiger partial charge in [-0.1, -0.05) is 69.8 Å². The largest absolute Gasteiger partial charge is 0.481 e. The van der Waals surface area contributed by atoms with E-state index in [0.717, 1.165) is 60.2 Å². The molecule has 3 amide bonds. The van der Waals surface area contributed by atoms with Gasteiger partial charge in [-0.05, 0) is 43.1 Å². The van der Waals surface area contributed by atoms with Crippen LogP contribution in [-0.4, -0.2) is 135 Å².